The van der Waals surface area contributed by atoms with Crippen molar-refractivity contribution in [1.82, 2.24) is 9.88 Å². The number of piperazine rings is 1. The molecule has 1 aliphatic heterocycles. The van der Waals surface area contributed by atoms with Crippen LogP contribution in [0.5, 0.6) is 0 Å². The van der Waals surface area contributed by atoms with Crippen LogP contribution < -0.4 is 4.90 Å². The van der Waals surface area contributed by atoms with Crippen LogP contribution in [-0.4, -0.2) is 35.4 Å². The van der Waals surface area contributed by atoms with Crippen LogP contribution in [0.25, 0.3) is 0 Å². The molecule has 0 aliphatic carbocycles. The highest BCUT2D eigenvalue weighted by atomic mass is 35.5. The van der Waals surface area contributed by atoms with Gasteiger partial charge in [-0.25, -0.2) is 4.98 Å². The summed E-state index contributed by atoms with van der Waals surface area (Å²) in [5.74, 6) is 0.792. The molecule has 1 amide bonds. The summed E-state index contributed by atoms with van der Waals surface area (Å²) in [6.45, 7) is 2.25. The molecular weight excluding hydrogens is 312 g/mol. The number of rotatable bonds is 3. The van der Waals surface area contributed by atoms with E-state index in [1.165, 1.54) is 6.20 Å². The van der Waals surface area contributed by atoms with Crippen LogP contribution in [-0.2, 0) is 11.3 Å². The molecule has 6 heteroatoms. The molecule has 0 spiro atoms. The number of carbonyl (C=O) groups excluding carboxylic acids is 1. The Labute approximate surface area is 139 Å². The minimum Gasteiger partial charge on any atom is -0.346 e. The molecule has 0 saturated carbocycles. The maximum absolute atomic E-state index is 12.4. The Bertz CT molecular complexity index is 737. The molecule has 0 atom stereocenters. The van der Waals surface area contributed by atoms with Crippen LogP contribution in [0.3, 0.4) is 0 Å². The number of anilines is 1. The van der Waals surface area contributed by atoms with Crippen molar-refractivity contribution in [2.75, 3.05) is 24.5 Å². The van der Waals surface area contributed by atoms with E-state index >= 15 is 0 Å². The molecule has 1 aromatic carbocycles. The molecule has 5 nitrogen and oxygen atoms in total. The molecule has 0 unspecified atom stereocenters. The lowest BCUT2D eigenvalue weighted by atomic mass is 10.2. The van der Waals surface area contributed by atoms with Crippen molar-refractivity contribution >= 4 is 23.3 Å². The Balaban J connectivity index is 1.63. The maximum Gasteiger partial charge on any atom is 0.242 e. The number of amides is 1. The van der Waals surface area contributed by atoms with Crippen LogP contribution >= 0.6 is 11.6 Å². The molecule has 1 saturated heterocycles. The summed E-state index contributed by atoms with van der Waals surface area (Å²) in [4.78, 5) is 20.4. The van der Waals surface area contributed by atoms with E-state index in [1.54, 1.807) is 12.1 Å². The standard InChI is InChI=1S/C17H15ClN4O/c18-15-4-1-13(2-5-15)11-22-8-7-21(12-17(22)23)16-6-3-14(9-19)10-20-16/h1-6,10H,7-8,11-12H2. The van der Waals surface area contributed by atoms with Crippen LogP contribution in [0.1, 0.15) is 11.1 Å². The van der Waals surface area contributed by atoms with E-state index in [-0.39, 0.29) is 5.91 Å². The summed E-state index contributed by atoms with van der Waals surface area (Å²) in [5.41, 5.74) is 1.58. The Morgan fingerprint density at radius 1 is 1.17 bits per heavy atom. The number of aromatic nitrogens is 1. The van der Waals surface area contributed by atoms with Gasteiger partial charge in [0.1, 0.15) is 11.9 Å². The largest absolute Gasteiger partial charge is 0.346 e. The van der Waals surface area contributed by atoms with Gasteiger partial charge in [0.2, 0.25) is 5.91 Å². The van der Waals surface area contributed by atoms with E-state index in [1.807, 2.05) is 40.1 Å². The number of hydrogen-bond donors (Lipinski definition) is 0. The number of pyridine rings is 1. The zero-order valence-electron chi connectivity index (χ0n) is 12.4. The van der Waals surface area contributed by atoms with Crippen LogP contribution in [0.2, 0.25) is 5.02 Å². The Morgan fingerprint density at radius 3 is 2.57 bits per heavy atom. The summed E-state index contributed by atoms with van der Waals surface area (Å²) >= 11 is 5.88. The van der Waals surface area contributed by atoms with Crippen molar-refractivity contribution in [3.8, 4) is 6.07 Å². The summed E-state index contributed by atoms with van der Waals surface area (Å²) in [5, 5.41) is 9.49. The molecule has 1 fully saturated rings. The van der Waals surface area contributed by atoms with Gasteiger partial charge < -0.3 is 9.80 Å². The second kappa shape index (κ2) is 6.67. The third kappa shape index (κ3) is 3.61. The van der Waals surface area contributed by atoms with E-state index in [9.17, 15) is 4.79 Å². The van der Waals surface area contributed by atoms with Crippen molar-refractivity contribution in [2.24, 2.45) is 0 Å². The molecule has 2 heterocycles. The fourth-order valence-corrected chi connectivity index (χ4v) is 2.65. The van der Waals surface area contributed by atoms with Crippen molar-refractivity contribution < 1.29 is 4.79 Å². The molecule has 0 radical (unpaired) electrons. The second-order valence-corrected chi connectivity index (χ2v) is 5.82. The monoisotopic (exact) mass is 326 g/mol. The highest BCUT2D eigenvalue weighted by Crippen LogP contribution is 2.17. The topological polar surface area (TPSA) is 60.2 Å². The highest BCUT2D eigenvalue weighted by molar-refractivity contribution is 6.30. The van der Waals surface area contributed by atoms with E-state index < -0.39 is 0 Å². The SMILES string of the molecule is N#Cc1ccc(N2CCN(Cc3ccc(Cl)cc3)C(=O)C2)nc1. The normalized spacial score (nSPS) is 14.7. The first-order valence-electron chi connectivity index (χ1n) is 7.29. The number of nitrogens with zero attached hydrogens (tertiary/aromatic N) is 4. The number of nitriles is 1. The van der Waals surface area contributed by atoms with Gasteiger partial charge in [0.15, 0.2) is 0 Å². The lowest BCUT2D eigenvalue weighted by Crippen LogP contribution is -2.50. The van der Waals surface area contributed by atoms with Gasteiger partial charge in [0.25, 0.3) is 0 Å². The fourth-order valence-electron chi connectivity index (χ4n) is 2.52. The average Bonchev–Trinajstić information content (AvgIpc) is 2.59. The summed E-state index contributed by atoms with van der Waals surface area (Å²) in [7, 11) is 0. The Morgan fingerprint density at radius 2 is 1.96 bits per heavy atom. The summed E-state index contributed by atoms with van der Waals surface area (Å²) in [6.07, 6.45) is 1.53. The Hall–Kier alpha value is -2.58. The molecular formula is C17H15ClN4O. The number of hydrogen-bond acceptors (Lipinski definition) is 4. The van der Waals surface area contributed by atoms with E-state index in [2.05, 4.69) is 4.98 Å². The van der Waals surface area contributed by atoms with E-state index in [0.717, 1.165) is 17.9 Å². The minimum absolute atomic E-state index is 0.0670. The quantitative estimate of drug-likeness (QED) is 0.869. The first-order chi connectivity index (χ1) is 11.2. The summed E-state index contributed by atoms with van der Waals surface area (Å²) < 4.78 is 0. The zero-order chi connectivity index (χ0) is 16.2. The molecule has 23 heavy (non-hydrogen) atoms. The van der Waals surface area contributed by atoms with Crippen LogP contribution in [0.4, 0.5) is 5.82 Å². The van der Waals surface area contributed by atoms with E-state index in [0.29, 0.717) is 30.2 Å². The Kier molecular flexibility index (Phi) is 4.45. The van der Waals surface area contributed by atoms with Gasteiger partial charge in [0.05, 0.1) is 12.1 Å². The van der Waals surface area contributed by atoms with Gasteiger partial charge in [-0.2, -0.15) is 5.26 Å². The molecule has 116 valence electrons. The third-order valence-electron chi connectivity index (χ3n) is 3.81. The number of benzene rings is 1. The molecule has 3 rings (SSSR count). The molecule has 1 aliphatic rings. The van der Waals surface area contributed by atoms with Crippen molar-refractivity contribution in [2.45, 2.75) is 6.54 Å². The van der Waals surface area contributed by atoms with Gasteiger partial charge in [-0.05, 0) is 29.8 Å². The zero-order valence-corrected chi connectivity index (χ0v) is 13.2. The van der Waals surface area contributed by atoms with Gasteiger partial charge >= 0.3 is 0 Å². The first-order valence-corrected chi connectivity index (χ1v) is 7.67. The fraction of sp³-hybridized carbons (Fsp3) is 0.235. The maximum atomic E-state index is 12.4. The molecule has 2 aromatic rings. The molecule has 0 bridgehead atoms. The van der Waals surface area contributed by atoms with Crippen molar-refractivity contribution in [1.29, 1.82) is 5.26 Å². The molecule has 1 aromatic heterocycles. The van der Waals surface area contributed by atoms with Crippen LogP contribution in [0.15, 0.2) is 42.6 Å². The predicted molar refractivity (Wildman–Crippen MR) is 88.0 cm³/mol. The molecule has 0 N–H and O–H groups in total. The van der Waals surface area contributed by atoms with Crippen molar-refractivity contribution in [3.63, 3.8) is 0 Å². The average molecular weight is 327 g/mol. The second-order valence-electron chi connectivity index (χ2n) is 5.38. The van der Waals surface area contributed by atoms with E-state index in [4.69, 9.17) is 16.9 Å². The highest BCUT2D eigenvalue weighted by Gasteiger charge is 2.24. The van der Waals surface area contributed by atoms with Gasteiger partial charge in [-0.3, -0.25) is 4.79 Å². The lowest BCUT2D eigenvalue weighted by molar-refractivity contribution is -0.131. The summed E-state index contributed by atoms with van der Waals surface area (Å²) in [6, 6.07) is 13.1. The predicted octanol–water partition coefficient (Wildman–Crippen LogP) is 2.46. The smallest absolute Gasteiger partial charge is 0.242 e. The third-order valence-corrected chi connectivity index (χ3v) is 4.06. The van der Waals surface area contributed by atoms with Crippen LogP contribution in [0, 0.1) is 11.3 Å². The van der Waals surface area contributed by atoms with Gasteiger partial charge in [-0.1, -0.05) is 23.7 Å². The minimum atomic E-state index is 0.0670. The lowest BCUT2D eigenvalue weighted by Gasteiger charge is -2.35. The number of carbonyl (C=O) groups is 1. The van der Waals surface area contributed by atoms with Gasteiger partial charge in [-0.15, -0.1) is 0 Å². The first kappa shape index (κ1) is 15.3. The van der Waals surface area contributed by atoms with Crippen molar-refractivity contribution in [3.05, 3.63) is 58.7 Å². The van der Waals surface area contributed by atoms with Gasteiger partial charge in [0, 0.05) is 30.9 Å². The number of halogens is 1.